The van der Waals surface area contributed by atoms with Gasteiger partial charge >= 0.3 is 5.97 Å². The number of halogens is 1. The van der Waals surface area contributed by atoms with Crippen LogP contribution in [-0.2, 0) is 20.6 Å². The summed E-state index contributed by atoms with van der Waals surface area (Å²) >= 11 is 3.73. The van der Waals surface area contributed by atoms with Gasteiger partial charge < -0.3 is 18.9 Å². The van der Waals surface area contributed by atoms with Crippen LogP contribution >= 0.6 is 15.9 Å². The van der Waals surface area contributed by atoms with Crippen molar-refractivity contribution >= 4 is 21.9 Å². The molecule has 0 saturated heterocycles. The van der Waals surface area contributed by atoms with Crippen molar-refractivity contribution < 1.29 is 23.7 Å². The van der Waals surface area contributed by atoms with Crippen molar-refractivity contribution in [3.05, 3.63) is 64.3 Å². The molecule has 2 bridgehead atoms. The number of hydrogen-bond donors (Lipinski definition) is 0. The summed E-state index contributed by atoms with van der Waals surface area (Å²) in [5.74, 6) is 0.381. The molecule has 0 aliphatic carbocycles. The number of benzene rings is 1. The number of ether oxygens (including phenoxy) is 4. The van der Waals surface area contributed by atoms with Crippen molar-refractivity contribution in [3.63, 3.8) is 0 Å². The summed E-state index contributed by atoms with van der Waals surface area (Å²) in [6, 6.07) is 5.47. The van der Waals surface area contributed by atoms with Gasteiger partial charge in [-0.1, -0.05) is 45.3 Å². The lowest BCUT2D eigenvalue weighted by Gasteiger charge is -2.29. The van der Waals surface area contributed by atoms with Crippen molar-refractivity contribution in [2.24, 2.45) is 0 Å². The zero-order valence-electron chi connectivity index (χ0n) is 23.0. The van der Waals surface area contributed by atoms with E-state index >= 15 is 0 Å². The molecule has 5 nitrogen and oxygen atoms in total. The number of alkyl halides is 1. The molecule has 36 heavy (non-hydrogen) atoms. The van der Waals surface area contributed by atoms with E-state index in [-0.39, 0.29) is 29.3 Å². The first kappa shape index (κ1) is 30.3. The molecule has 0 unspecified atom stereocenters. The van der Waals surface area contributed by atoms with Crippen molar-refractivity contribution in [3.8, 4) is 5.75 Å². The van der Waals surface area contributed by atoms with Crippen LogP contribution in [0.1, 0.15) is 82.6 Å². The van der Waals surface area contributed by atoms with Crippen molar-refractivity contribution in [1.29, 1.82) is 0 Å². The average molecular weight is 564 g/mol. The first-order valence-corrected chi connectivity index (χ1v) is 13.5. The summed E-state index contributed by atoms with van der Waals surface area (Å²) in [6.45, 7) is 10.6. The number of rotatable bonds is 5. The Labute approximate surface area is 226 Å². The summed E-state index contributed by atoms with van der Waals surface area (Å²) in [4.78, 5) is 13.2. The minimum Gasteiger partial charge on any atom is -0.467 e. The number of carbonyl (C=O) groups excluding carboxylic acids is 1. The molecule has 2 rings (SSSR count). The van der Waals surface area contributed by atoms with Gasteiger partial charge in [-0.3, -0.25) is 0 Å². The number of hydrogen-bond acceptors (Lipinski definition) is 5. The lowest BCUT2D eigenvalue weighted by molar-refractivity contribution is 0.0214. The molecule has 1 heterocycles. The number of methoxy groups -OCH3 is 2. The van der Waals surface area contributed by atoms with Crippen molar-refractivity contribution in [2.75, 3.05) is 21.0 Å². The van der Waals surface area contributed by atoms with E-state index in [9.17, 15) is 4.79 Å². The number of carbonyl (C=O) groups is 1. The first-order valence-electron chi connectivity index (χ1n) is 12.7. The van der Waals surface area contributed by atoms with Gasteiger partial charge in [0, 0.05) is 14.2 Å². The van der Waals surface area contributed by atoms with E-state index < -0.39 is 0 Å². The van der Waals surface area contributed by atoms with Crippen molar-refractivity contribution in [1.82, 2.24) is 0 Å². The highest BCUT2D eigenvalue weighted by Gasteiger charge is 2.30. The molecule has 2 atom stereocenters. The van der Waals surface area contributed by atoms with Crippen LogP contribution in [0.2, 0.25) is 0 Å². The molecule has 6 heteroatoms. The summed E-state index contributed by atoms with van der Waals surface area (Å²) in [5.41, 5.74) is 5.26. The Morgan fingerprint density at radius 3 is 2.44 bits per heavy atom. The highest BCUT2D eigenvalue weighted by atomic mass is 79.9. The lowest BCUT2D eigenvalue weighted by atomic mass is 9.97. The van der Waals surface area contributed by atoms with Gasteiger partial charge in [-0.25, -0.2) is 4.79 Å². The third-order valence-electron chi connectivity index (χ3n) is 6.59. The van der Waals surface area contributed by atoms with E-state index in [1.54, 1.807) is 20.3 Å². The van der Waals surface area contributed by atoms with Gasteiger partial charge in [0.25, 0.3) is 0 Å². The summed E-state index contributed by atoms with van der Waals surface area (Å²) in [7, 11) is 3.36. The molecule has 0 fully saturated rings. The second kappa shape index (κ2) is 14.7. The zero-order valence-corrected chi connectivity index (χ0v) is 24.6. The Kier molecular flexibility index (Phi) is 12.4. The highest BCUT2D eigenvalue weighted by molar-refractivity contribution is 9.10. The van der Waals surface area contributed by atoms with Crippen LogP contribution in [0.5, 0.6) is 5.75 Å². The Bertz CT molecular complexity index is 955. The average Bonchev–Trinajstić information content (AvgIpc) is 2.83. The van der Waals surface area contributed by atoms with Crippen LogP contribution < -0.4 is 4.74 Å². The maximum atomic E-state index is 13.2. The lowest BCUT2D eigenvalue weighted by Crippen LogP contribution is -2.34. The normalized spacial score (nSPS) is 25.6. The molecule has 0 saturated carbocycles. The molecule has 1 aliphatic heterocycles. The SMILES string of the molecule is COCOc1ccc2cc1C/C=C(\C)CC/C=C(\C)[C@H](OC)C/C=C(\C)CC[C@@H](C(C)(C)Br)OC2=O. The van der Waals surface area contributed by atoms with Crippen LogP contribution in [0.25, 0.3) is 0 Å². The summed E-state index contributed by atoms with van der Waals surface area (Å²) in [6.07, 6.45) is 11.5. The maximum Gasteiger partial charge on any atom is 0.338 e. The minimum atomic E-state index is -0.361. The van der Waals surface area contributed by atoms with Crippen LogP contribution in [0.15, 0.2) is 53.1 Å². The molecule has 1 aromatic carbocycles. The van der Waals surface area contributed by atoms with Crippen molar-refractivity contribution in [2.45, 2.75) is 89.7 Å². The van der Waals surface area contributed by atoms with E-state index in [1.807, 2.05) is 26.0 Å². The Morgan fingerprint density at radius 1 is 1.06 bits per heavy atom. The van der Waals surface area contributed by atoms with E-state index in [0.717, 1.165) is 37.7 Å². The standard InChI is InChI=1S/C30H43BrO5/c1-21-9-8-10-23(3)26(34-7)16-12-22(2)13-18-28(30(4,5)31)36-29(32)25-15-17-27(35-20-33-6)24(19-25)14-11-21/h10-12,15,17,19,26,28H,8-9,13-14,16,18,20H2,1-7H3/b21-11+,22-12+,23-10+/t26-,28+/m1/s1. The Hall–Kier alpha value is -1.89. The topological polar surface area (TPSA) is 54.0 Å². The van der Waals surface area contributed by atoms with E-state index in [2.05, 4.69) is 54.9 Å². The quantitative estimate of drug-likeness (QED) is 0.159. The predicted octanol–water partition coefficient (Wildman–Crippen LogP) is 7.73. The molecule has 0 aromatic heterocycles. The van der Waals surface area contributed by atoms with E-state index in [1.165, 1.54) is 16.7 Å². The second-order valence-electron chi connectivity index (χ2n) is 10.1. The highest BCUT2D eigenvalue weighted by Crippen LogP contribution is 2.30. The van der Waals surface area contributed by atoms with Gasteiger partial charge in [-0.2, -0.15) is 0 Å². The van der Waals surface area contributed by atoms with Crippen LogP contribution in [0.3, 0.4) is 0 Å². The summed E-state index contributed by atoms with van der Waals surface area (Å²) in [5, 5.41) is 0. The van der Waals surface area contributed by atoms with Gasteiger partial charge in [0.15, 0.2) is 6.79 Å². The number of esters is 1. The van der Waals surface area contributed by atoms with E-state index in [0.29, 0.717) is 17.7 Å². The van der Waals surface area contributed by atoms with Gasteiger partial charge in [0.1, 0.15) is 11.9 Å². The third-order valence-corrected chi connectivity index (χ3v) is 7.10. The van der Waals surface area contributed by atoms with Crippen LogP contribution in [-0.4, -0.2) is 43.5 Å². The number of fused-ring (bicyclic) bond motifs is 2. The fourth-order valence-electron chi connectivity index (χ4n) is 4.15. The molecular weight excluding hydrogens is 520 g/mol. The molecule has 0 N–H and O–H groups in total. The van der Waals surface area contributed by atoms with Crippen LogP contribution in [0, 0.1) is 0 Å². The largest absolute Gasteiger partial charge is 0.467 e. The monoisotopic (exact) mass is 562 g/mol. The molecule has 0 amide bonds. The number of allylic oxidation sites excluding steroid dienone is 4. The maximum absolute atomic E-state index is 13.2. The van der Waals surface area contributed by atoms with E-state index in [4.69, 9.17) is 18.9 Å². The molecule has 200 valence electrons. The van der Waals surface area contributed by atoms with Gasteiger partial charge in [-0.15, -0.1) is 0 Å². The first-order chi connectivity index (χ1) is 17.0. The third kappa shape index (κ3) is 9.87. The van der Waals surface area contributed by atoms with Gasteiger partial charge in [0.05, 0.1) is 16.0 Å². The smallest absolute Gasteiger partial charge is 0.338 e. The zero-order chi connectivity index (χ0) is 26.7. The van der Waals surface area contributed by atoms with Gasteiger partial charge in [-0.05, 0) is 102 Å². The number of cyclic esters (lactones) is 1. The second-order valence-corrected chi connectivity index (χ2v) is 12.2. The molecule has 0 radical (unpaired) electrons. The molecule has 1 aromatic rings. The predicted molar refractivity (Wildman–Crippen MR) is 150 cm³/mol. The summed E-state index contributed by atoms with van der Waals surface area (Å²) < 4.78 is 22.3. The molecular formula is C30H43BrO5. The van der Waals surface area contributed by atoms with Crippen LogP contribution in [0.4, 0.5) is 0 Å². The molecule has 0 spiro atoms. The Morgan fingerprint density at radius 2 is 1.78 bits per heavy atom. The fraction of sp³-hybridized carbons (Fsp3) is 0.567. The fourth-order valence-corrected chi connectivity index (χ4v) is 4.47. The molecule has 1 aliphatic rings. The Balaban J connectivity index is 2.42. The van der Waals surface area contributed by atoms with Gasteiger partial charge in [0.2, 0.25) is 0 Å². The minimum absolute atomic E-state index is 0.0644.